The van der Waals surface area contributed by atoms with Crippen LogP contribution in [0, 0.1) is 0 Å². The van der Waals surface area contributed by atoms with Crippen LogP contribution in [0.3, 0.4) is 0 Å². The molecule has 0 aromatic rings. The first-order valence-electron chi connectivity index (χ1n) is 1.55. The third-order valence-electron chi connectivity index (χ3n) is 0.357. The van der Waals surface area contributed by atoms with Crippen LogP contribution < -0.4 is 6.15 Å². The molecule has 0 aromatic heterocycles. The molecule has 1 radical (unpaired) electrons. The molecule has 0 aromatic carbocycles. The molecule has 4 nitrogen and oxygen atoms in total. The standard InChI is InChI=1S/C3H6O3.H3N.Nb/c1-2(4)3(5)6;;/h2,4H,1H3,(H,5,6);1H3;. The smallest absolute Gasteiger partial charge is 0.332 e. The molecule has 0 fully saturated rings. The van der Waals surface area contributed by atoms with E-state index < -0.39 is 12.1 Å². The van der Waals surface area contributed by atoms with Crippen LogP contribution in [0.15, 0.2) is 0 Å². The van der Waals surface area contributed by atoms with Crippen LogP contribution in [-0.2, 0) is 27.2 Å². The first-order valence-corrected chi connectivity index (χ1v) is 1.55. The van der Waals surface area contributed by atoms with Crippen molar-refractivity contribution < 1.29 is 37.4 Å². The summed E-state index contributed by atoms with van der Waals surface area (Å²) in [5.74, 6) is -1.19. The Bertz CT molecular complexity index is 65.5. The van der Waals surface area contributed by atoms with Crippen molar-refractivity contribution in [2.45, 2.75) is 13.0 Å². The number of rotatable bonds is 1. The van der Waals surface area contributed by atoms with Gasteiger partial charge in [-0.2, -0.15) is 0 Å². The number of hydrogen-bond donors (Lipinski definition) is 3. The fourth-order valence-electron chi connectivity index (χ4n) is 0. The molecule has 0 rings (SSSR count). The molecular weight excluding hydrogens is 191 g/mol. The van der Waals surface area contributed by atoms with Crippen LogP contribution in [0.2, 0.25) is 0 Å². The minimum atomic E-state index is -1.23. The Balaban J connectivity index is -0.000000125. The van der Waals surface area contributed by atoms with Gasteiger partial charge in [-0.25, -0.2) is 4.79 Å². The summed E-state index contributed by atoms with van der Waals surface area (Å²) in [6.07, 6.45) is -1.23. The zero-order chi connectivity index (χ0) is 5.15. The van der Waals surface area contributed by atoms with Gasteiger partial charge < -0.3 is 16.4 Å². The van der Waals surface area contributed by atoms with Crippen molar-refractivity contribution in [3.8, 4) is 0 Å². The monoisotopic (exact) mass is 200 g/mol. The summed E-state index contributed by atoms with van der Waals surface area (Å²) >= 11 is 0. The second-order valence-corrected chi connectivity index (χ2v) is 1.01. The molecule has 1 unspecified atom stereocenters. The molecule has 1 atom stereocenters. The van der Waals surface area contributed by atoms with E-state index in [4.69, 9.17) is 10.2 Å². The van der Waals surface area contributed by atoms with E-state index in [2.05, 4.69) is 0 Å². The van der Waals surface area contributed by atoms with Crippen LogP contribution in [-0.4, -0.2) is 22.3 Å². The van der Waals surface area contributed by atoms with E-state index >= 15 is 0 Å². The predicted molar refractivity (Wildman–Crippen MR) is 24.3 cm³/mol. The molecule has 0 saturated heterocycles. The van der Waals surface area contributed by atoms with Crippen molar-refractivity contribution in [1.29, 1.82) is 0 Å². The average Bonchev–Trinajstić information content (AvgIpc) is 1.36. The summed E-state index contributed by atoms with van der Waals surface area (Å²) in [5.41, 5.74) is 0. The Morgan fingerprint density at radius 1 is 1.62 bits per heavy atom. The van der Waals surface area contributed by atoms with Crippen molar-refractivity contribution in [3.05, 3.63) is 0 Å². The number of carboxylic acids is 1. The molecule has 0 aliphatic carbocycles. The second kappa shape index (κ2) is 7.13. The third kappa shape index (κ3) is 9.46. The van der Waals surface area contributed by atoms with Crippen LogP contribution >= 0.6 is 0 Å². The van der Waals surface area contributed by atoms with Crippen molar-refractivity contribution in [2.24, 2.45) is 0 Å². The first kappa shape index (κ1) is 15.7. The predicted octanol–water partition coefficient (Wildman–Crippen LogP) is -0.389. The summed E-state index contributed by atoms with van der Waals surface area (Å²) in [6, 6.07) is 0. The van der Waals surface area contributed by atoms with Crippen LogP contribution in [0.25, 0.3) is 0 Å². The summed E-state index contributed by atoms with van der Waals surface area (Å²) in [6.45, 7) is 1.20. The van der Waals surface area contributed by atoms with E-state index in [0.717, 1.165) is 0 Å². The molecule has 0 heterocycles. The van der Waals surface area contributed by atoms with Gasteiger partial charge in [0.15, 0.2) is 0 Å². The minimum absolute atomic E-state index is 0. The topological polar surface area (TPSA) is 92.5 Å². The van der Waals surface area contributed by atoms with Crippen molar-refractivity contribution in [3.63, 3.8) is 0 Å². The maximum Gasteiger partial charge on any atom is 0.332 e. The van der Waals surface area contributed by atoms with Crippen LogP contribution in [0.1, 0.15) is 6.92 Å². The number of aliphatic hydroxyl groups is 1. The maximum atomic E-state index is 9.45. The van der Waals surface area contributed by atoms with Gasteiger partial charge in [-0.15, -0.1) is 0 Å². The van der Waals surface area contributed by atoms with Gasteiger partial charge in [0.1, 0.15) is 6.10 Å². The van der Waals surface area contributed by atoms with Crippen LogP contribution in [0.4, 0.5) is 0 Å². The maximum absolute atomic E-state index is 9.45. The van der Waals surface area contributed by atoms with Gasteiger partial charge in [-0.3, -0.25) is 0 Å². The van der Waals surface area contributed by atoms with E-state index in [1.165, 1.54) is 6.92 Å². The quantitative estimate of drug-likeness (QED) is 0.502. The minimum Gasteiger partial charge on any atom is -0.479 e. The van der Waals surface area contributed by atoms with Gasteiger partial charge in [0.25, 0.3) is 0 Å². The largest absolute Gasteiger partial charge is 0.479 e. The van der Waals surface area contributed by atoms with Gasteiger partial charge in [-0.05, 0) is 6.92 Å². The molecule has 49 valence electrons. The molecular formula is C3H9NNbO3. The van der Waals surface area contributed by atoms with Gasteiger partial charge in [0, 0.05) is 22.4 Å². The molecule has 0 saturated carbocycles. The zero-order valence-electron chi connectivity index (χ0n) is 4.53. The van der Waals surface area contributed by atoms with E-state index in [1.54, 1.807) is 0 Å². The number of aliphatic carboxylic acids is 1. The summed E-state index contributed by atoms with van der Waals surface area (Å²) in [5, 5.41) is 15.8. The van der Waals surface area contributed by atoms with Gasteiger partial charge >= 0.3 is 5.97 Å². The number of carboxylic acid groups (broad SMARTS) is 1. The van der Waals surface area contributed by atoms with E-state index in [9.17, 15) is 4.79 Å². The number of carbonyl (C=O) groups is 1. The number of hydrogen-bond acceptors (Lipinski definition) is 3. The third-order valence-corrected chi connectivity index (χ3v) is 0.357. The van der Waals surface area contributed by atoms with Gasteiger partial charge in [0.2, 0.25) is 0 Å². The average molecular weight is 200 g/mol. The van der Waals surface area contributed by atoms with Crippen molar-refractivity contribution in [2.75, 3.05) is 0 Å². The molecule has 8 heavy (non-hydrogen) atoms. The Morgan fingerprint density at radius 3 is 1.75 bits per heavy atom. The summed E-state index contributed by atoms with van der Waals surface area (Å²) in [4.78, 5) is 9.45. The van der Waals surface area contributed by atoms with Crippen molar-refractivity contribution in [1.82, 2.24) is 6.15 Å². The summed E-state index contributed by atoms with van der Waals surface area (Å²) < 4.78 is 0. The fourth-order valence-corrected chi connectivity index (χ4v) is 0. The van der Waals surface area contributed by atoms with Gasteiger partial charge in [0.05, 0.1) is 0 Å². The molecule has 0 aliphatic rings. The van der Waals surface area contributed by atoms with Crippen molar-refractivity contribution >= 4 is 5.97 Å². The SMILES string of the molecule is CC(O)C(=O)O.N.[Nb]. The molecule has 0 spiro atoms. The molecule has 5 heteroatoms. The van der Waals surface area contributed by atoms with Gasteiger partial charge in [-0.1, -0.05) is 0 Å². The molecule has 0 aliphatic heterocycles. The van der Waals surface area contributed by atoms with Crippen LogP contribution in [0.5, 0.6) is 0 Å². The Kier molecular flexibility index (Phi) is 14.0. The molecule has 0 bridgehead atoms. The molecule has 0 amide bonds. The van der Waals surface area contributed by atoms with E-state index in [0.29, 0.717) is 0 Å². The second-order valence-electron chi connectivity index (χ2n) is 1.01. The normalized spacial score (nSPS) is 10.2. The Hall–Kier alpha value is 0.130. The Morgan fingerprint density at radius 2 is 1.75 bits per heavy atom. The molecule has 5 N–H and O–H groups in total. The number of aliphatic hydroxyl groups excluding tert-OH is 1. The zero-order valence-corrected chi connectivity index (χ0v) is 6.73. The van der Waals surface area contributed by atoms with E-state index in [1.807, 2.05) is 0 Å². The first-order chi connectivity index (χ1) is 2.64. The van der Waals surface area contributed by atoms with E-state index in [-0.39, 0.29) is 28.5 Å². The summed E-state index contributed by atoms with van der Waals surface area (Å²) in [7, 11) is 0. The Labute approximate surface area is 63.0 Å². The fraction of sp³-hybridized carbons (Fsp3) is 0.667.